The molecule has 0 saturated heterocycles. The molecule has 0 amide bonds. The van der Waals surface area contributed by atoms with Crippen molar-refractivity contribution in [3.8, 4) is 5.75 Å². The average molecular weight is 330 g/mol. The summed E-state index contributed by atoms with van der Waals surface area (Å²) < 4.78 is 5.19. The summed E-state index contributed by atoms with van der Waals surface area (Å²) in [6.45, 7) is 4.06. The number of unbranched alkanes of at least 4 members (excludes halogenated alkanes) is 6. The zero-order valence-electron chi connectivity index (χ0n) is 14.6. The molecule has 0 bridgehead atoms. The van der Waals surface area contributed by atoms with E-state index >= 15 is 0 Å². The van der Waals surface area contributed by atoms with Crippen molar-refractivity contribution in [2.45, 2.75) is 65.2 Å². The predicted octanol–water partition coefficient (Wildman–Crippen LogP) is 5.13. The maximum Gasteiger partial charge on any atom is 0.351 e. The molecule has 0 saturated carbocycles. The van der Waals surface area contributed by atoms with Crippen LogP contribution >= 0.6 is 0 Å². The molecule has 0 spiro atoms. The fourth-order valence-corrected chi connectivity index (χ4v) is 2.91. The van der Waals surface area contributed by atoms with Crippen molar-refractivity contribution in [1.82, 2.24) is 0 Å². The fourth-order valence-electron chi connectivity index (χ4n) is 2.91. The Labute approximate surface area is 142 Å². The Morgan fingerprint density at radius 2 is 1.75 bits per heavy atom. The van der Waals surface area contributed by atoms with E-state index in [4.69, 9.17) is 4.42 Å². The summed E-state index contributed by atoms with van der Waals surface area (Å²) in [6, 6.07) is 5.15. The highest BCUT2D eigenvalue weighted by Gasteiger charge is 2.20. The van der Waals surface area contributed by atoms with Crippen molar-refractivity contribution in [2.75, 3.05) is 0 Å². The van der Waals surface area contributed by atoms with E-state index in [9.17, 15) is 14.7 Å². The standard InChI is InChI=1S/C20H26O4/c1-3-4-5-6-7-8-9-10-16(21)18-19(22)15-13-14(2)11-12-17(15)24-20(18)23/h11-13,22H,3-10H2,1-2H3. The van der Waals surface area contributed by atoms with Crippen LogP contribution in [0.15, 0.2) is 27.4 Å². The lowest BCUT2D eigenvalue weighted by molar-refractivity contribution is 0.0973. The number of benzene rings is 1. The third kappa shape index (κ3) is 4.47. The summed E-state index contributed by atoms with van der Waals surface area (Å²) in [5.74, 6) is -0.587. The molecule has 0 radical (unpaired) electrons. The molecular formula is C20H26O4. The summed E-state index contributed by atoms with van der Waals surface area (Å²) in [7, 11) is 0. The quantitative estimate of drug-likeness (QED) is 0.393. The van der Waals surface area contributed by atoms with Gasteiger partial charge in [-0.15, -0.1) is 0 Å². The Bertz CT molecular complexity index is 758. The topological polar surface area (TPSA) is 67.5 Å². The van der Waals surface area contributed by atoms with Gasteiger partial charge in [0.05, 0.1) is 5.39 Å². The van der Waals surface area contributed by atoms with Crippen molar-refractivity contribution < 1.29 is 14.3 Å². The van der Waals surface area contributed by atoms with Gasteiger partial charge >= 0.3 is 5.63 Å². The van der Waals surface area contributed by atoms with Crippen molar-refractivity contribution in [1.29, 1.82) is 0 Å². The predicted molar refractivity (Wildman–Crippen MR) is 95.8 cm³/mol. The molecule has 0 aliphatic heterocycles. The van der Waals surface area contributed by atoms with E-state index in [1.165, 1.54) is 25.7 Å². The Balaban J connectivity index is 2.03. The number of hydrogen-bond acceptors (Lipinski definition) is 4. The van der Waals surface area contributed by atoms with Gasteiger partial charge < -0.3 is 9.52 Å². The molecule has 1 aromatic heterocycles. The number of aryl methyl sites for hydroxylation is 1. The van der Waals surface area contributed by atoms with Gasteiger partial charge in [-0.05, 0) is 25.5 Å². The zero-order valence-corrected chi connectivity index (χ0v) is 14.6. The second kappa shape index (κ2) is 8.67. The highest BCUT2D eigenvalue weighted by atomic mass is 16.4. The first kappa shape index (κ1) is 18.2. The van der Waals surface area contributed by atoms with Crippen LogP contribution < -0.4 is 5.63 Å². The normalized spacial score (nSPS) is 11.1. The molecule has 2 aromatic rings. The van der Waals surface area contributed by atoms with Crippen LogP contribution in [0.4, 0.5) is 0 Å². The first-order valence-corrected chi connectivity index (χ1v) is 8.84. The molecule has 2 rings (SSSR count). The molecule has 24 heavy (non-hydrogen) atoms. The molecule has 1 heterocycles. The maximum atomic E-state index is 12.3. The van der Waals surface area contributed by atoms with E-state index in [0.29, 0.717) is 11.0 Å². The van der Waals surface area contributed by atoms with Gasteiger partial charge in [-0.3, -0.25) is 4.79 Å². The van der Waals surface area contributed by atoms with E-state index < -0.39 is 5.63 Å². The summed E-state index contributed by atoms with van der Waals surface area (Å²) in [4.78, 5) is 24.4. The summed E-state index contributed by atoms with van der Waals surface area (Å²) >= 11 is 0. The minimum Gasteiger partial charge on any atom is -0.506 e. The van der Waals surface area contributed by atoms with Gasteiger partial charge in [-0.2, -0.15) is 0 Å². The van der Waals surface area contributed by atoms with Crippen LogP contribution in [0.3, 0.4) is 0 Å². The van der Waals surface area contributed by atoms with Gasteiger partial charge in [0, 0.05) is 6.42 Å². The number of aromatic hydroxyl groups is 1. The Morgan fingerprint density at radius 1 is 1.08 bits per heavy atom. The number of rotatable bonds is 9. The van der Waals surface area contributed by atoms with Crippen LogP contribution in [0.25, 0.3) is 11.0 Å². The molecule has 130 valence electrons. The van der Waals surface area contributed by atoms with Crippen molar-refractivity contribution in [2.24, 2.45) is 0 Å². The SMILES string of the molecule is CCCCCCCCCC(=O)c1c(O)c2cc(C)ccc2oc1=O. The Kier molecular flexibility index (Phi) is 6.59. The first-order valence-electron chi connectivity index (χ1n) is 8.84. The second-order valence-corrected chi connectivity index (χ2v) is 6.41. The molecule has 4 nitrogen and oxygen atoms in total. The van der Waals surface area contributed by atoms with Crippen LogP contribution in [-0.4, -0.2) is 10.9 Å². The smallest absolute Gasteiger partial charge is 0.351 e. The highest BCUT2D eigenvalue weighted by Crippen LogP contribution is 2.28. The van der Waals surface area contributed by atoms with Crippen molar-refractivity contribution >= 4 is 16.8 Å². The van der Waals surface area contributed by atoms with E-state index in [2.05, 4.69) is 6.92 Å². The van der Waals surface area contributed by atoms with Crippen LogP contribution in [0, 0.1) is 6.92 Å². The zero-order chi connectivity index (χ0) is 17.5. The molecular weight excluding hydrogens is 304 g/mol. The molecule has 0 aliphatic rings. The second-order valence-electron chi connectivity index (χ2n) is 6.41. The molecule has 0 atom stereocenters. The number of carbonyl (C=O) groups excluding carboxylic acids is 1. The van der Waals surface area contributed by atoms with E-state index in [1.54, 1.807) is 18.2 Å². The third-order valence-electron chi connectivity index (χ3n) is 4.32. The summed E-state index contributed by atoms with van der Waals surface area (Å²) in [6.07, 6.45) is 7.96. The lowest BCUT2D eigenvalue weighted by Gasteiger charge is -2.06. The van der Waals surface area contributed by atoms with E-state index in [0.717, 1.165) is 24.8 Å². The van der Waals surface area contributed by atoms with Crippen molar-refractivity contribution in [3.63, 3.8) is 0 Å². The van der Waals surface area contributed by atoms with Crippen LogP contribution in [0.1, 0.15) is 74.2 Å². The average Bonchev–Trinajstić information content (AvgIpc) is 2.55. The molecule has 0 aliphatic carbocycles. The summed E-state index contributed by atoms with van der Waals surface area (Å²) in [5, 5.41) is 10.8. The lowest BCUT2D eigenvalue weighted by atomic mass is 10.0. The van der Waals surface area contributed by atoms with Crippen LogP contribution in [0.5, 0.6) is 5.75 Å². The van der Waals surface area contributed by atoms with Crippen LogP contribution in [0.2, 0.25) is 0 Å². The van der Waals surface area contributed by atoms with E-state index in [-0.39, 0.29) is 23.5 Å². The first-order chi connectivity index (χ1) is 11.5. The summed E-state index contributed by atoms with van der Waals surface area (Å²) in [5.41, 5.74) is 0.267. The van der Waals surface area contributed by atoms with Crippen molar-refractivity contribution in [3.05, 3.63) is 39.7 Å². The number of carbonyl (C=O) groups is 1. The Morgan fingerprint density at radius 3 is 2.46 bits per heavy atom. The van der Waals surface area contributed by atoms with Gasteiger partial charge in [0.2, 0.25) is 0 Å². The number of fused-ring (bicyclic) bond motifs is 1. The molecule has 1 aromatic carbocycles. The maximum absolute atomic E-state index is 12.3. The van der Waals surface area contributed by atoms with Gasteiger partial charge in [0.15, 0.2) is 5.78 Å². The molecule has 0 fully saturated rings. The van der Waals surface area contributed by atoms with Gasteiger partial charge in [0.1, 0.15) is 16.9 Å². The van der Waals surface area contributed by atoms with Gasteiger partial charge in [-0.25, -0.2) is 4.79 Å². The number of hydrogen-bond donors (Lipinski definition) is 1. The van der Waals surface area contributed by atoms with E-state index in [1.807, 2.05) is 6.92 Å². The largest absolute Gasteiger partial charge is 0.506 e. The monoisotopic (exact) mass is 330 g/mol. The molecule has 0 unspecified atom stereocenters. The highest BCUT2D eigenvalue weighted by molar-refractivity contribution is 6.02. The minimum absolute atomic E-state index is 0.209. The number of ketones is 1. The van der Waals surface area contributed by atoms with Gasteiger partial charge in [0.25, 0.3) is 0 Å². The minimum atomic E-state index is -0.753. The lowest BCUT2D eigenvalue weighted by Crippen LogP contribution is -2.14. The third-order valence-corrected chi connectivity index (χ3v) is 4.32. The Hall–Kier alpha value is -2.10. The molecule has 4 heteroatoms. The number of Topliss-reactive ketones (excluding diaryl/α,β-unsaturated/α-hetero) is 1. The van der Waals surface area contributed by atoms with Gasteiger partial charge in [-0.1, -0.05) is 57.1 Å². The fraction of sp³-hybridized carbons (Fsp3) is 0.500. The van der Waals surface area contributed by atoms with Crippen LogP contribution in [-0.2, 0) is 0 Å². The molecule has 1 N–H and O–H groups in total.